The van der Waals surface area contributed by atoms with E-state index in [9.17, 15) is 0 Å². The normalized spacial score (nSPS) is 18.3. The third-order valence-corrected chi connectivity index (χ3v) is 2.47. The molecule has 0 fully saturated rings. The summed E-state index contributed by atoms with van der Waals surface area (Å²) in [7, 11) is -0.126. The van der Waals surface area contributed by atoms with Crippen LogP contribution in [-0.2, 0) is 0 Å². The van der Waals surface area contributed by atoms with Crippen molar-refractivity contribution in [3.63, 3.8) is 0 Å². The van der Waals surface area contributed by atoms with Crippen molar-refractivity contribution in [3.05, 3.63) is 30.0 Å². The summed E-state index contributed by atoms with van der Waals surface area (Å²) in [6.45, 7) is 2.17. The van der Waals surface area contributed by atoms with Crippen LogP contribution in [0.15, 0.2) is 24.3 Å². The Kier molecular flexibility index (Phi) is 2.13. The minimum absolute atomic E-state index is 0.126. The molecule has 0 nitrogen and oxygen atoms in total. The lowest BCUT2D eigenvalue weighted by molar-refractivity contribution is 1.33. The Balaban J connectivity index is 2.60. The van der Waals surface area contributed by atoms with Crippen molar-refractivity contribution in [2.45, 2.75) is 6.42 Å². The van der Waals surface area contributed by atoms with E-state index >= 15 is 0 Å². The van der Waals surface area contributed by atoms with Crippen LogP contribution in [0.4, 0.5) is 0 Å². The van der Waals surface area contributed by atoms with Gasteiger partial charge in [0.1, 0.15) is 0 Å². The van der Waals surface area contributed by atoms with Gasteiger partial charge in [-0.05, 0) is 0 Å². The zero-order valence-corrected chi connectivity index (χ0v) is 6.57. The molecule has 9 heavy (non-hydrogen) atoms. The largest absolute Gasteiger partial charge is 0.183 e. The fourth-order valence-corrected chi connectivity index (χ4v) is 1.49. The van der Waals surface area contributed by atoms with Gasteiger partial charge in [-0.2, -0.15) is 12.2 Å². The third kappa shape index (κ3) is 1.73. The van der Waals surface area contributed by atoms with Crippen LogP contribution >= 0.6 is 7.55 Å². The van der Waals surface area contributed by atoms with Crippen LogP contribution in [0.25, 0.3) is 0 Å². The molecule has 0 aromatic carbocycles. The van der Waals surface area contributed by atoms with Crippen molar-refractivity contribution < 1.29 is 0 Å². The third-order valence-electron chi connectivity index (χ3n) is 1.29. The molecule has 1 unspecified atom stereocenters. The first-order chi connectivity index (χ1) is 4.30. The first-order valence-corrected chi connectivity index (χ1v) is 5.02. The van der Waals surface area contributed by atoms with Crippen molar-refractivity contribution in [1.82, 2.24) is 0 Å². The molecule has 48 valence electrons. The van der Waals surface area contributed by atoms with Gasteiger partial charge >= 0.3 is 0 Å². The van der Waals surface area contributed by atoms with Gasteiger partial charge in [0.25, 0.3) is 0 Å². The van der Waals surface area contributed by atoms with Gasteiger partial charge in [-0.3, -0.25) is 0 Å². The van der Waals surface area contributed by atoms with Gasteiger partial charge in [-0.1, -0.05) is 0 Å². The van der Waals surface area contributed by atoms with E-state index < -0.39 is 0 Å². The Morgan fingerprint density at radius 3 is 2.33 bits per heavy atom. The van der Waals surface area contributed by atoms with E-state index in [1.54, 1.807) is 0 Å². The van der Waals surface area contributed by atoms with Crippen LogP contribution in [0, 0.1) is 5.66 Å². The minimum Gasteiger partial charge on any atom is -0.183 e. The van der Waals surface area contributed by atoms with Crippen molar-refractivity contribution in [2.24, 2.45) is 0 Å². The second-order valence-electron chi connectivity index (χ2n) is 2.16. The fraction of sp³-hybridized carbons (Fsp3) is 0.250. The molecule has 0 amide bonds. The standard InChI is InChI=1S/C8H11P/c1-9(2)8-6-4-3-5-7-8/h4-7H,1,3H2,2H3. The molecule has 0 spiro atoms. The molecule has 1 atom stereocenters. The molecular weight excluding hydrogens is 127 g/mol. The molecule has 0 N–H and O–H groups in total. The average Bonchev–Trinajstić information content (AvgIpc) is 1.90. The lowest BCUT2D eigenvalue weighted by Crippen LogP contribution is -1.83. The number of allylic oxidation sites excluding steroid dienone is 4. The topological polar surface area (TPSA) is 0 Å². The highest BCUT2D eigenvalue weighted by Gasteiger charge is 2.03. The van der Waals surface area contributed by atoms with Gasteiger partial charge in [0, 0.05) is 5.66 Å². The molecule has 0 radical (unpaired) electrons. The predicted molar refractivity (Wildman–Crippen MR) is 46.1 cm³/mol. The minimum atomic E-state index is -0.126. The number of rotatable bonds is 1. The van der Waals surface area contributed by atoms with Crippen LogP contribution in [0.5, 0.6) is 0 Å². The highest BCUT2D eigenvalue weighted by Crippen LogP contribution is 2.34. The van der Waals surface area contributed by atoms with E-state index in [0.29, 0.717) is 0 Å². The van der Waals surface area contributed by atoms with Crippen molar-refractivity contribution in [1.29, 1.82) is 0 Å². The fourth-order valence-electron chi connectivity index (χ4n) is 0.766. The molecule has 0 saturated heterocycles. The number of hydrogen-bond acceptors (Lipinski definition) is 0. The van der Waals surface area contributed by atoms with E-state index in [-0.39, 0.29) is 7.55 Å². The maximum absolute atomic E-state index is 3.99. The van der Waals surface area contributed by atoms with Gasteiger partial charge < -0.3 is 0 Å². The Morgan fingerprint density at radius 1 is 1.44 bits per heavy atom. The molecular formula is C8H11P. The summed E-state index contributed by atoms with van der Waals surface area (Å²) in [5.41, 5.74) is 1.40. The first kappa shape index (κ1) is 6.64. The predicted octanol–water partition coefficient (Wildman–Crippen LogP) is 2.58. The maximum atomic E-state index is 3.99. The van der Waals surface area contributed by atoms with Crippen LogP contribution in [-0.4, -0.2) is 13.0 Å². The monoisotopic (exact) mass is 138 g/mol. The lowest BCUT2D eigenvalue weighted by Gasteiger charge is -2.08. The van der Waals surface area contributed by atoms with Gasteiger partial charge in [0.05, 0.1) is 20.5 Å². The molecule has 0 bridgehead atoms. The summed E-state index contributed by atoms with van der Waals surface area (Å²) < 4.78 is 0. The smallest absolute Gasteiger partial charge is 0.0896 e. The Labute approximate surface area is 57.7 Å². The molecule has 0 aliphatic heterocycles. The summed E-state index contributed by atoms with van der Waals surface area (Å²) in [4.78, 5) is 0. The molecule has 0 aromatic heterocycles. The SMILES string of the molecule is C=[P+](C)[C-]1C=CCC=C1. The van der Waals surface area contributed by atoms with Crippen LogP contribution in [0.1, 0.15) is 6.42 Å². The van der Waals surface area contributed by atoms with Crippen LogP contribution in [0.2, 0.25) is 0 Å². The summed E-state index contributed by atoms with van der Waals surface area (Å²) >= 11 is 0. The van der Waals surface area contributed by atoms with E-state index in [4.69, 9.17) is 0 Å². The Bertz CT molecular complexity index is 153. The molecule has 0 aromatic rings. The number of hydrogen-bond donors (Lipinski definition) is 0. The first-order valence-electron chi connectivity index (χ1n) is 3.05. The molecule has 1 heteroatoms. The van der Waals surface area contributed by atoms with Crippen LogP contribution < -0.4 is 0 Å². The highest BCUT2D eigenvalue weighted by atomic mass is 31.1. The van der Waals surface area contributed by atoms with E-state index in [1.807, 2.05) is 0 Å². The Hall–Kier alpha value is -0.480. The summed E-state index contributed by atoms with van der Waals surface area (Å²) in [5.74, 6) is 0. The molecule has 0 saturated carbocycles. The van der Waals surface area contributed by atoms with Crippen molar-refractivity contribution in [3.8, 4) is 0 Å². The second-order valence-corrected chi connectivity index (χ2v) is 4.08. The van der Waals surface area contributed by atoms with Crippen molar-refractivity contribution >= 4 is 13.8 Å². The lowest BCUT2D eigenvalue weighted by atomic mass is 10.2. The summed E-state index contributed by atoms with van der Waals surface area (Å²) in [6.07, 6.45) is 13.8. The van der Waals surface area contributed by atoms with E-state index in [0.717, 1.165) is 6.42 Å². The Morgan fingerprint density at radius 2 is 2.00 bits per heavy atom. The highest BCUT2D eigenvalue weighted by molar-refractivity contribution is 7.58. The van der Waals surface area contributed by atoms with Crippen LogP contribution in [0.3, 0.4) is 0 Å². The van der Waals surface area contributed by atoms with Gasteiger partial charge in [-0.25, -0.2) is 0 Å². The summed E-state index contributed by atoms with van der Waals surface area (Å²) in [6, 6.07) is 0. The zero-order valence-electron chi connectivity index (χ0n) is 5.67. The molecule has 1 aliphatic rings. The van der Waals surface area contributed by atoms with E-state index in [1.165, 1.54) is 5.66 Å². The second kappa shape index (κ2) is 2.89. The maximum Gasteiger partial charge on any atom is 0.0896 e. The van der Waals surface area contributed by atoms with E-state index in [2.05, 4.69) is 37.3 Å². The zero-order chi connectivity index (χ0) is 6.69. The van der Waals surface area contributed by atoms with Gasteiger partial charge in [-0.15, -0.1) is 18.6 Å². The van der Waals surface area contributed by atoms with Gasteiger partial charge in [0.15, 0.2) is 0 Å². The summed E-state index contributed by atoms with van der Waals surface area (Å²) in [5, 5.41) is 0. The molecule has 0 heterocycles. The van der Waals surface area contributed by atoms with Gasteiger partial charge in [0.2, 0.25) is 0 Å². The quantitative estimate of drug-likeness (QED) is 0.386. The molecule has 1 aliphatic carbocycles. The average molecular weight is 138 g/mol. The molecule has 1 rings (SSSR count). The van der Waals surface area contributed by atoms with Crippen molar-refractivity contribution in [2.75, 3.05) is 6.66 Å².